The minimum atomic E-state index is -5.14. The summed E-state index contributed by atoms with van der Waals surface area (Å²) < 4.78 is 79.0. The number of pyridine rings is 1. The van der Waals surface area contributed by atoms with Crippen LogP contribution in [0.5, 0.6) is 0 Å². The van der Waals surface area contributed by atoms with E-state index in [1.807, 2.05) is 0 Å². The van der Waals surface area contributed by atoms with E-state index in [0.717, 1.165) is 10.8 Å². The Morgan fingerprint density at radius 1 is 0.920 bits per heavy atom. The molecule has 0 aliphatic heterocycles. The van der Waals surface area contributed by atoms with Crippen LogP contribution in [0.25, 0.3) is 0 Å². The lowest BCUT2D eigenvalue weighted by atomic mass is 10.0. The van der Waals surface area contributed by atoms with Crippen molar-refractivity contribution in [3.63, 3.8) is 0 Å². The van der Waals surface area contributed by atoms with Crippen molar-refractivity contribution < 1.29 is 50.6 Å². The lowest BCUT2D eigenvalue weighted by molar-refractivity contribution is -0.212. The van der Waals surface area contributed by atoms with Gasteiger partial charge in [-0.2, -0.15) is 13.2 Å². The summed E-state index contributed by atoms with van der Waals surface area (Å²) in [5.41, 5.74) is -2.71. The molecule has 2 rings (SSSR count). The smallest absolute Gasteiger partial charge is 0.416 e. The molecule has 0 saturated carbocycles. The van der Waals surface area contributed by atoms with Gasteiger partial charge in [-0.15, -0.1) is 0 Å². The molecule has 0 aliphatic rings. The highest BCUT2D eigenvalue weighted by Crippen LogP contribution is 2.24. The molecule has 1 heterocycles. The van der Waals surface area contributed by atoms with Crippen LogP contribution in [-0.4, -0.2) is 78.2 Å². The highest BCUT2D eigenvalue weighted by molar-refractivity contribution is 7.91. The molecule has 278 valence electrons. The van der Waals surface area contributed by atoms with E-state index in [9.17, 15) is 45.9 Å². The molecule has 0 aliphatic carbocycles. The molecule has 0 saturated heterocycles. The van der Waals surface area contributed by atoms with Crippen LogP contribution in [0.3, 0.4) is 0 Å². The van der Waals surface area contributed by atoms with Crippen LogP contribution >= 0.6 is 0 Å². The fraction of sp³-hybridized carbons (Fsp3) is 0.516. The number of aliphatic imine (C=N–C) groups is 1. The number of hydrogen-bond acceptors (Lipinski definition) is 10. The Balaban J connectivity index is 2.15. The summed E-state index contributed by atoms with van der Waals surface area (Å²) in [7, 11) is -4.04. The van der Waals surface area contributed by atoms with E-state index in [-0.39, 0.29) is 13.0 Å². The van der Waals surface area contributed by atoms with Gasteiger partial charge >= 0.3 is 18.4 Å². The van der Waals surface area contributed by atoms with Gasteiger partial charge in [0, 0.05) is 12.7 Å². The van der Waals surface area contributed by atoms with Crippen LogP contribution in [0.15, 0.2) is 58.4 Å². The summed E-state index contributed by atoms with van der Waals surface area (Å²) >= 11 is 0. The van der Waals surface area contributed by atoms with Crippen LogP contribution in [0.1, 0.15) is 59.9 Å². The number of aromatic nitrogens is 1. The molecule has 15 nitrogen and oxygen atoms in total. The Kier molecular flexibility index (Phi) is 14.4. The number of benzene rings is 1. The van der Waals surface area contributed by atoms with Crippen LogP contribution in [0, 0.1) is 0 Å². The summed E-state index contributed by atoms with van der Waals surface area (Å²) in [6.45, 7) is 8.43. The molecule has 0 spiro atoms. The standard InChI is InChI=1S/C31H43F3N6O9S/c1-29(2,3)48-27(44)37-26(38-28(45)49-30(4,5)6)35-16-10-14-21(24(42)31(32,33)34)36-23(41)18-40-17-11-15-22(25(40)43)39-50(46,47)19-20-12-8-7-9-13-20/h7-9,11-13,15,17,21,24,39,42H,10,14,16,18-19H2,1-6H3,(H,36,41)(H2,35,37,38,44,45). The molecule has 2 aromatic rings. The molecule has 0 fully saturated rings. The van der Waals surface area contributed by atoms with Gasteiger partial charge in [-0.25, -0.2) is 18.0 Å². The number of amides is 3. The van der Waals surface area contributed by atoms with Crippen molar-refractivity contribution in [1.82, 2.24) is 20.5 Å². The normalized spacial score (nSPS) is 13.3. The SMILES string of the molecule is CC(C)(C)OC(=O)NC(=NCCCC(NC(=O)Cn1cccc(NS(=O)(=O)Cc2ccccc2)c1=O)C(O)C(F)(F)F)NC(=O)OC(C)(C)C. The Morgan fingerprint density at radius 3 is 2.00 bits per heavy atom. The second kappa shape index (κ2) is 17.3. The van der Waals surface area contributed by atoms with Gasteiger partial charge in [0.05, 0.1) is 11.8 Å². The summed E-state index contributed by atoms with van der Waals surface area (Å²) in [5, 5.41) is 16.5. The number of rotatable bonds is 12. The average Bonchev–Trinajstić information content (AvgIpc) is 2.94. The number of guanidine groups is 1. The number of alkyl carbamates (subject to hydrolysis) is 2. The third-order valence-electron chi connectivity index (χ3n) is 6.04. The van der Waals surface area contributed by atoms with Crippen molar-refractivity contribution in [2.24, 2.45) is 4.99 Å². The number of nitrogens with zero attached hydrogens (tertiary/aromatic N) is 2. The lowest BCUT2D eigenvalue weighted by Crippen LogP contribution is -2.51. The molecular weight excluding hydrogens is 689 g/mol. The number of sulfonamides is 1. The average molecular weight is 733 g/mol. The quantitative estimate of drug-likeness (QED) is 0.123. The highest BCUT2D eigenvalue weighted by atomic mass is 32.2. The van der Waals surface area contributed by atoms with Crippen molar-refractivity contribution >= 4 is 39.8 Å². The van der Waals surface area contributed by atoms with Gasteiger partial charge in [-0.05, 0) is 72.1 Å². The Labute approximate surface area is 287 Å². The lowest BCUT2D eigenvalue weighted by Gasteiger charge is -2.26. The van der Waals surface area contributed by atoms with Gasteiger partial charge < -0.3 is 24.5 Å². The van der Waals surface area contributed by atoms with Crippen LogP contribution in [0.2, 0.25) is 0 Å². The number of alkyl halides is 3. The number of nitrogens with one attached hydrogen (secondary N) is 4. The first-order valence-electron chi connectivity index (χ1n) is 15.3. The maximum atomic E-state index is 13.5. The number of ether oxygens (including phenoxy) is 2. The summed E-state index contributed by atoms with van der Waals surface area (Å²) in [6.07, 6.45) is -9.69. The zero-order valence-corrected chi connectivity index (χ0v) is 29.3. The highest BCUT2D eigenvalue weighted by Gasteiger charge is 2.44. The zero-order valence-electron chi connectivity index (χ0n) is 28.5. The second-order valence-electron chi connectivity index (χ2n) is 13.0. The molecule has 0 radical (unpaired) electrons. The predicted octanol–water partition coefficient (Wildman–Crippen LogP) is 3.38. The van der Waals surface area contributed by atoms with Crippen molar-refractivity contribution in [2.45, 2.75) is 96.2 Å². The van der Waals surface area contributed by atoms with Crippen LogP contribution < -0.4 is 26.2 Å². The van der Waals surface area contributed by atoms with Gasteiger partial charge in [0.2, 0.25) is 21.9 Å². The molecule has 19 heteroatoms. The van der Waals surface area contributed by atoms with Gasteiger partial charge in [-0.3, -0.25) is 29.9 Å². The first kappa shape index (κ1) is 41.5. The third kappa shape index (κ3) is 15.7. The summed E-state index contributed by atoms with van der Waals surface area (Å²) in [5.74, 6) is -1.96. The number of aliphatic hydroxyl groups is 1. The van der Waals surface area contributed by atoms with Crippen molar-refractivity contribution in [3.05, 3.63) is 64.6 Å². The number of carbonyl (C=O) groups excluding carboxylic acids is 3. The Hall–Kier alpha value is -4.65. The minimum Gasteiger partial charge on any atom is -0.444 e. The molecule has 2 atom stereocenters. The van der Waals surface area contributed by atoms with E-state index in [1.54, 1.807) is 71.9 Å². The molecule has 50 heavy (non-hydrogen) atoms. The summed E-state index contributed by atoms with van der Waals surface area (Å²) in [6, 6.07) is 8.66. The van der Waals surface area contributed by atoms with E-state index < -0.39 is 93.6 Å². The number of aliphatic hydroxyl groups excluding tert-OH is 1. The molecule has 2 unspecified atom stereocenters. The monoisotopic (exact) mass is 732 g/mol. The van der Waals surface area contributed by atoms with Crippen LogP contribution in [-0.2, 0) is 36.6 Å². The van der Waals surface area contributed by atoms with Gasteiger partial charge in [0.15, 0.2) is 6.10 Å². The molecule has 1 aromatic carbocycles. The summed E-state index contributed by atoms with van der Waals surface area (Å²) in [4.78, 5) is 54.3. The minimum absolute atomic E-state index is 0.202. The molecule has 0 bridgehead atoms. The van der Waals surface area contributed by atoms with E-state index in [2.05, 4.69) is 25.7 Å². The third-order valence-corrected chi connectivity index (χ3v) is 7.29. The number of hydrogen-bond donors (Lipinski definition) is 5. The van der Waals surface area contributed by atoms with Gasteiger partial charge in [0.1, 0.15) is 23.4 Å². The molecule has 1 aromatic heterocycles. The largest absolute Gasteiger partial charge is 0.444 e. The predicted molar refractivity (Wildman–Crippen MR) is 178 cm³/mol. The van der Waals surface area contributed by atoms with E-state index >= 15 is 0 Å². The fourth-order valence-electron chi connectivity index (χ4n) is 4.09. The van der Waals surface area contributed by atoms with E-state index in [0.29, 0.717) is 5.56 Å². The van der Waals surface area contributed by atoms with Crippen molar-refractivity contribution in [3.8, 4) is 0 Å². The number of carbonyl (C=O) groups is 3. The van der Waals surface area contributed by atoms with Gasteiger partial charge in [0.25, 0.3) is 5.56 Å². The Morgan fingerprint density at radius 2 is 1.48 bits per heavy atom. The maximum absolute atomic E-state index is 13.5. The fourth-order valence-corrected chi connectivity index (χ4v) is 5.29. The van der Waals surface area contributed by atoms with Crippen LogP contribution in [0.4, 0.5) is 28.4 Å². The Bertz CT molecular complexity index is 1640. The van der Waals surface area contributed by atoms with E-state index in [4.69, 9.17) is 9.47 Å². The molecule has 3 amide bonds. The second-order valence-corrected chi connectivity index (χ2v) is 14.7. The number of anilines is 1. The molecule has 5 N–H and O–H groups in total. The topological polar surface area (TPSA) is 207 Å². The van der Waals surface area contributed by atoms with Crippen molar-refractivity contribution in [2.75, 3.05) is 11.3 Å². The maximum Gasteiger partial charge on any atom is 0.416 e. The van der Waals surface area contributed by atoms with E-state index in [1.165, 1.54) is 12.1 Å². The first-order chi connectivity index (χ1) is 22.9. The van der Waals surface area contributed by atoms with Crippen molar-refractivity contribution in [1.29, 1.82) is 0 Å². The number of halogens is 3. The molecular formula is C31H43F3N6O9S. The first-order valence-corrected chi connectivity index (χ1v) is 16.9. The van der Waals surface area contributed by atoms with Gasteiger partial charge in [-0.1, -0.05) is 30.3 Å². The zero-order chi connectivity index (χ0) is 37.9.